The quantitative estimate of drug-likeness (QED) is 0.650. The van der Waals surface area contributed by atoms with E-state index in [4.69, 9.17) is 11.0 Å². The normalized spacial score (nSPS) is 11.3. The summed E-state index contributed by atoms with van der Waals surface area (Å²) in [5.74, 6) is -0.914. The maximum absolute atomic E-state index is 14.0. The van der Waals surface area contributed by atoms with Crippen molar-refractivity contribution in [2.75, 3.05) is 5.73 Å². The summed E-state index contributed by atoms with van der Waals surface area (Å²) in [7, 11) is 0.944. The molecular weight excluding hydrogens is 302 g/mol. The number of nitrogens with zero attached hydrogens (tertiary/aromatic N) is 2. The maximum atomic E-state index is 14.0. The van der Waals surface area contributed by atoms with E-state index in [1.807, 2.05) is 0 Å². The predicted octanol–water partition coefficient (Wildman–Crippen LogP) is 2.66. The van der Waals surface area contributed by atoms with Crippen molar-refractivity contribution in [2.45, 2.75) is 6.18 Å². The van der Waals surface area contributed by atoms with E-state index < -0.39 is 23.2 Å². The van der Waals surface area contributed by atoms with Gasteiger partial charge in [-0.25, -0.2) is 4.39 Å². The van der Waals surface area contributed by atoms with Crippen molar-refractivity contribution in [1.29, 1.82) is 5.26 Å². The van der Waals surface area contributed by atoms with Gasteiger partial charge in [0.05, 0.1) is 16.8 Å². The Hall–Kier alpha value is -2.82. The van der Waals surface area contributed by atoms with Gasteiger partial charge in [-0.05, 0) is 24.3 Å². The lowest BCUT2D eigenvalue weighted by Crippen LogP contribution is -2.26. The standard InChI is InChI=1S/C14H9F4N3O/c1-21-12(14(16,17)18)3-2-8(13(21)22)9-5-11(20)7(6-19)4-10(9)15/h2-5H,20H2,1H3. The molecule has 0 amide bonds. The molecule has 114 valence electrons. The van der Waals surface area contributed by atoms with E-state index in [9.17, 15) is 22.4 Å². The first kappa shape index (κ1) is 15.6. The summed E-state index contributed by atoms with van der Waals surface area (Å²) in [4.78, 5) is 12.0. The molecule has 8 heteroatoms. The van der Waals surface area contributed by atoms with Gasteiger partial charge in [0.2, 0.25) is 0 Å². The zero-order chi connectivity index (χ0) is 16.7. The molecule has 0 aliphatic heterocycles. The van der Waals surface area contributed by atoms with E-state index in [0.29, 0.717) is 10.6 Å². The van der Waals surface area contributed by atoms with Crippen LogP contribution in [0, 0.1) is 17.1 Å². The molecule has 0 unspecified atom stereocenters. The minimum atomic E-state index is -4.70. The summed E-state index contributed by atoms with van der Waals surface area (Å²) >= 11 is 0. The molecule has 0 radical (unpaired) electrons. The maximum Gasteiger partial charge on any atom is 0.431 e. The van der Waals surface area contributed by atoms with Gasteiger partial charge in [-0.3, -0.25) is 4.79 Å². The van der Waals surface area contributed by atoms with Crippen molar-refractivity contribution in [3.63, 3.8) is 0 Å². The number of aromatic nitrogens is 1. The smallest absolute Gasteiger partial charge is 0.398 e. The SMILES string of the molecule is Cn1c(C(F)(F)F)ccc(-c2cc(N)c(C#N)cc2F)c1=O. The number of rotatable bonds is 1. The second-order valence-electron chi connectivity index (χ2n) is 4.53. The lowest BCUT2D eigenvalue weighted by Gasteiger charge is -2.13. The van der Waals surface area contributed by atoms with Gasteiger partial charge < -0.3 is 10.3 Å². The average Bonchev–Trinajstić information content (AvgIpc) is 2.42. The van der Waals surface area contributed by atoms with Gasteiger partial charge in [0, 0.05) is 12.6 Å². The van der Waals surface area contributed by atoms with Crippen molar-refractivity contribution in [2.24, 2.45) is 7.05 Å². The van der Waals surface area contributed by atoms with Crippen LogP contribution in [0.5, 0.6) is 0 Å². The third kappa shape index (κ3) is 2.53. The Labute approximate surface area is 122 Å². The lowest BCUT2D eigenvalue weighted by molar-refractivity contribution is -0.143. The molecule has 0 spiro atoms. The monoisotopic (exact) mass is 311 g/mol. The molecule has 4 nitrogen and oxygen atoms in total. The van der Waals surface area contributed by atoms with E-state index in [0.717, 1.165) is 25.2 Å². The largest absolute Gasteiger partial charge is 0.431 e. The highest BCUT2D eigenvalue weighted by atomic mass is 19.4. The first-order chi connectivity index (χ1) is 10.2. The van der Waals surface area contributed by atoms with E-state index >= 15 is 0 Å². The third-order valence-electron chi connectivity index (χ3n) is 3.14. The van der Waals surface area contributed by atoms with Crippen molar-refractivity contribution in [3.05, 3.63) is 51.7 Å². The van der Waals surface area contributed by atoms with Crippen LogP contribution >= 0.6 is 0 Å². The van der Waals surface area contributed by atoms with Crippen molar-refractivity contribution in [1.82, 2.24) is 4.57 Å². The number of pyridine rings is 1. The number of nitrogen functional groups attached to an aromatic ring is 1. The fraction of sp³-hybridized carbons (Fsp3) is 0.143. The van der Waals surface area contributed by atoms with E-state index in [-0.39, 0.29) is 22.4 Å². The Bertz CT molecular complexity index is 847. The van der Waals surface area contributed by atoms with Crippen LogP contribution in [0.15, 0.2) is 29.1 Å². The summed E-state index contributed by atoms with van der Waals surface area (Å²) < 4.78 is 52.5. The minimum Gasteiger partial charge on any atom is -0.398 e. The first-order valence-corrected chi connectivity index (χ1v) is 5.93. The molecule has 0 aliphatic rings. The molecule has 0 bridgehead atoms. The van der Waals surface area contributed by atoms with Gasteiger partial charge in [-0.1, -0.05) is 0 Å². The van der Waals surface area contributed by atoms with Crippen molar-refractivity contribution >= 4 is 5.69 Å². The molecule has 2 aromatic rings. The molecule has 2 N–H and O–H groups in total. The number of anilines is 1. The van der Waals surface area contributed by atoms with Crippen LogP contribution in [0.1, 0.15) is 11.3 Å². The molecule has 0 atom stereocenters. The summed E-state index contributed by atoms with van der Waals surface area (Å²) in [6, 6.07) is 5.13. The predicted molar refractivity (Wildman–Crippen MR) is 71.2 cm³/mol. The molecule has 2 rings (SSSR count). The highest BCUT2D eigenvalue weighted by Gasteiger charge is 2.34. The van der Waals surface area contributed by atoms with Gasteiger partial charge >= 0.3 is 6.18 Å². The van der Waals surface area contributed by atoms with Gasteiger partial charge in [-0.15, -0.1) is 0 Å². The van der Waals surface area contributed by atoms with E-state index in [1.165, 1.54) is 0 Å². The number of nitriles is 1. The molecule has 1 aromatic heterocycles. The Kier molecular flexibility index (Phi) is 3.67. The topological polar surface area (TPSA) is 71.8 Å². The van der Waals surface area contributed by atoms with Crippen LogP contribution in [0.25, 0.3) is 11.1 Å². The summed E-state index contributed by atoms with van der Waals surface area (Å²) in [5, 5.41) is 8.74. The van der Waals surface area contributed by atoms with Crippen LogP contribution in [0.2, 0.25) is 0 Å². The van der Waals surface area contributed by atoms with Crippen LogP contribution in [0.4, 0.5) is 23.2 Å². The third-order valence-corrected chi connectivity index (χ3v) is 3.14. The molecular formula is C14H9F4N3O. The molecule has 0 saturated carbocycles. The van der Waals surface area contributed by atoms with Gasteiger partial charge in [0.15, 0.2) is 0 Å². The van der Waals surface area contributed by atoms with Crippen molar-refractivity contribution in [3.8, 4) is 17.2 Å². The number of halogens is 4. The molecule has 0 aliphatic carbocycles. The number of hydrogen-bond donors (Lipinski definition) is 1. The van der Waals surface area contributed by atoms with Crippen LogP contribution in [-0.4, -0.2) is 4.57 Å². The Morgan fingerprint density at radius 3 is 2.41 bits per heavy atom. The average molecular weight is 311 g/mol. The van der Waals surface area contributed by atoms with E-state index in [2.05, 4.69) is 0 Å². The van der Waals surface area contributed by atoms with Crippen LogP contribution < -0.4 is 11.3 Å². The first-order valence-electron chi connectivity index (χ1n) is 5.93. The Morgan fingerprint density at radius 1 is 1.23 bits per heavy atom. The summed E-state index contributed by atoms with van der Waals surface area (Å²) in [5.41, 5.74) is 2.66. The zero-order valence-corrected chi connectivity index (χ0v) is 11.2. The minimum absolute atomic E-state index is 0.0687. The van der Waals surface area contributed by atoms with Gasteiger partial charge in [-0.2, -0.15) is 18.4 Å². The lowest BCUT2D eigenvalue weighted by atomic mass is 10.0. The summed E-state index contributed by atoms with van der Waals surface area (Å²) in [6.45, 7) is 0. The molecule has 0 saturated heterocycles. The number of hydrogen-bond acceptors (Lipinski definition) is 3. The number of alkyl halides is 3. The Morgan fingerprint density at radius 2 is 1.86 bits per heavy atom. The van der Waals surface area contributed by atoms with Crippen molar-refractivity contribution < 1.29 is 17.6 Å². The second-order valence-corrected chi connectivity index (χ2v) is 4.53. The molecule has 1 aromatic carbocycles. The fourth-order valence-electron chi connectivity index (χ4n) is 2.02. The van der Waals surface area contributed by atoms with Gasteiger partial charge in [0.1, 0.15) is 17.6 Å². The van der Waals surface area contributed by atoms with Crippen LogP contribution in [0.3, 0.4) is 0 Å². The van der Waals surface area contributed by atoms with Crippen LogP contribution in [-0.2, 0) is 13.2 Å². The Balaban J connectivity index is 2.71. The highest BCUT2D eigenvalue weighted by Crippen LogP contribution is 2.30. The number of nitrogens with two attached hydrogens (primary N) is 1. The number of benzene rings is 1. The zero-order valence-electron chi connectivity index (χ0n) is 11.2. The van der Waals surface area contributed by atoms with Gasteiger partial charge in [0.25, 0.3) is 5.56 Å². The molecule has 1 heterocycles. The highest BCUT2D eigenvalue weighted by molar-refractivity contribution is 5.71. The molecule has 0 fully saturated rings. The molecule has 22 heavy (non-hydrogen) atoms. The van der Waals surface area contributed by atoms with E-state index in [1.54, 1.807) is 6.07 Å². The second kappa shape index (κ2) is 5.18. The summed E-state index contributed by atoms with van der Waals surface area (Å²) in [6.07, 6.45) is -4.70. The fourth-order valence-corrected chi connectivity index (χ4v) is 2.02.